The summed E-state index contributed by atoms with van der Waals surface area (Å²) in [5, 5.41) is 2.87. The van der Waals surface area contributed by atoms with Crippen molar-refractivity contribution in [3.8, 4) is 17.2 Å². The maximum absolute atomic E-state index is 11.7. The fraction of sp³-hybridized carbons (Fsp3) is 0.409. The molecule has 2 aromatic carbocycles. The van der Waals surface area contributed by atoms with Gasteiger partial charge in [0.1, 0.15) is 30.5 Å². The molecule has 0 atom stereocenters. The molecular formula is C22H29N3O6S. The maximum Gasteiger partial charge on any atom is 0.229 e. The van der Waals surface area contributed by atoms with Crippen molar-refractivity contribution < 1.29 is 27.4 Å². The van der Waals surface area contributed by atoms with Crippen molar-refractivity contribution in [2.45, 2.75) is 12.8 Å². The minimum absolute atomic E-state index is 0.0195. The fourth-order valence-electron chi connectivity index (χ4n) is 3.31. The minimum Gasteiger partial charge on any atom is -0.495 e. The van der Waals surface area contributed by atoms with Crippen LogP contribution in [0.4, 0.5) is 11.4 Å². The zero-order valence-electron chi connectivity index (χ0n) is 18.5. The van der Waals surface area contributed by atoms with Crippen molar-refractivity contribution >= 4 is 27.3 Å². The average molecular weight is 464 g/mol. The number of carbonyl (C=O) groups excluding carboxylic acids is 1. The van der Waals surface area contributed by atoms with E-state index >= 15 is 0 Å². The van der Waals surface area contributed by atoms with E-state index in [-0.39, 0.29) is 5.91 Å². The highest BCUT2D eigenvalue weighted by molar-refractivity contribution is 7.92. The Kier molecular flexibility index (Phi) is 7.81. The number of hydrogen-bond donors (Lipinski definition) is 2. The quantitative estimate of drug-likeness (QED) is 0.527. The Morgan fingerprint density at radius 2 is 1.66 bits per heavy atom. The monoisotopic (exact) mass is 463 g/mol. The average Bonchev–Trinajstić information content (AvgIpc) is 2.74. The van der Waals surface area contributed by atoms with Gasteiger partial charge in [-0.25, -0.2) is 8.42 Å². The van der Waals surface area contributed by atoms with Crippen molar-refractivity contribution in [3.63, 3.8) is 0 Å². The van der Waals surface area contributed by atoms with Crippen LogP contribution in [0.2, 0.25) is 0 Å². The largest absolute Gasteiger partial charge is 0.495 e. The van der Waals surface area contributed by atoms with Gasteiger partial charge in [-0.2, -0.15) is 0 Å². The molecular weight excluding hydrogens is 434 g/mol. The number of amides is 1. The molecule has 10 heteroatoms. The number of hydrogen-bond acceptors (Lipinski definition) is 7. The Hall–Kier alpha value is -2.98. The number of nitrogens with one attached hydrogen (secondary N) is 2. The van der Waals surface area contributed by atoms with Gasteiger partial charge in [0.05, 0.1) is 19.1 Å². The fourth-order valence-corrected chi connectivity index (χ4v) is 3.88. The molecule has 0 fully saturated rings. The third-order valence-electron chi connectivity index (χ3n) is 4.95. The van der Waals surface area contributed by atoms with Crippen LogP contribution in [0.25, 0.3) is 0 Å². The number of ether oxygens (including phenoxy) is 3. The minimum atomic E-state index is -3.29. The topological polar surface area (TPSA) is 106 Å². The Balaban J connectivity index is 1.43. The number of rotatable bonds is 11. The molecule has 2 N–H and O–H groups in total. The summed E-state index contributed by atoms with van der Waals surface area (Å²) in [7, 11) is 0.267. The molecule has 2 aromatic rings. The van der Waals surface area contributed by atoms with E-state index in [0.29, 0.717) is 62.0 Å². The van der Waals surface area contributed by atoms with Crippen molar-refractivity contribution in [1.29, 1.82) is 0 Å². The third-order valence-corrected chi connectivity index (χ3v) is 5.55. The van der Waals surface area contributed by atoms with E-state index < -0.39 is 10.0 Å². The van der Waals surface area contributed by atoms with Gasteiger partial charge in [-0.3, -0.25) is 14.4 Å². The Morgan fingerprint density at radius 1 is 1.00 bits per heavy atom. The molecule has 1 heterocycles. The predicted octanol–water partition coefficient (Wildman–Crippen LogP) is 2.34. The molecule has 1 aliphatic heterocycles. The van der Waals surface area contributed by atoms with Gasteiger partial charge in [0.25, 0.3) is 0 Å². The standard InChI is InChI=1S/C22H29N3O6S/c1-25(12-14-30-17-6-4-16(5-7-17)24-32(3,27)28)13-15-31-19-9-10-20(29-2)22-18(19)8-11-21(26)23-22/h4-7,9-10,24H,8,11-15H2,1-3H3,(H,23,26). The van der Waals surface area contributed by atoms with Crippen LogP contribution in [0.15, 0.2) is 36.4 Å². The van der Waals surface area contributed by atoms with E-state index in [4.69, 9.17) is 14.2 Å². The lowest BCUT2D eigenvalue weighted by Crippen LogP contribution is -2.29. The zero-order chi connectivity index (χ0) is 23.1. The highest BCUT2D eigenvalue weighted by Gasteiger charge is 2.22. The summed E-state index contributed by atoms with van der Waals surface area (Å²) in [6.07, 6.45) is 2.16. The normalized spacial score (nSPS) is 13.3. The third kappa shape index (κ3) is 6.76. The Labute approximate surface area is 188 Å². The second kappa shape index (κ2) is 10.6. The number of carbonyl (C=O) groups is 1. The van der Waals surface area contributed by atoms with E-state index in [9.17, 15) is 13.2 Å². The first kappa shape index (κ1) is 23.7. The van der Waals surface area contributed by atoms with Crippen LogP contribution in [0.3, 0.4) is 0 Å². The van der Waals surface area contributed by atoms with Gasteiger partial charge in [-0.05, 0) is 49.9 Å². The van der Waals surface area contributed by atoms with E-state index in [1.807, 2.05) is 13.1 Å². The molecule has 9 nitrogen and oxygen atoms in total. The van der Waals surface area contributed by atoms with Gasteiger partial charge in [0.2, 0.25) is 15.9 Å². The SMILES string of the molecule is COc1ccc(OCCN(C)CCOc2ccc(NS(C)(=O)=O)cc2)c2c1NC(=O)CC2. The van der Waals surface area contributed by atoms with Gasteiger partial charge in [0.15, 0.2) is 0 Å². The first-order valence-corrected chi connectivity index (χ1v) is 12.2. The van der Waals surface area contributed by atoms with Crippen LogP contribution >= 0.6 is 0 Å². The van der Waals surface area contributed by atoms with E-state index in [1.165, 1.54) is 0 Å². The second-order valence-corrected chi connectivity index (χ2v) is 9.31. The lowest BCUT2D eigenvalue weighted by atomic mass is 10.0. The number of anilines is 2. The Bertz CT molecular complexity index is 1040. The maximum atomic E-state index is 11.7. The summed E-state index contributed by atoms with van der Waals surface area (Å²) in [5.41, 5.74) is 2.15. The first-order chi connectivity index (χ1) is 15.2. The second-order valence-electron chi connectivity index (χ2n) is 7.57. The van der Waals surface area contributed by atoms with Crippen LogP contribution in [-0.2, 0) is 21.2 Å². The van der Waals surface area contributed by atoms with Crippen LogP contribution in [0, 0.1) is 0 Å². The Morgan fingerprint density at radius 3 is 2.31 bits per heavy atom. The molecule has 0 unspecified atom stereocenters. The highest BCUT2D eigenvalue weighted by Crippen LogP contribution is 2.38. The number of sulfonamides is 1. The zero-order valence-corrected chi connectivity index (χ0v) is 19.3. The van der Waals surface area contributed by atoms with Crippen LogP contribution in [0.5, 0.6) is 17.2 Å². The molecule has 32 heavy (non-hydrogen) atoms. The molecule has 0 radical (unpaired) electrons. The number of likely N-dealkylation sites (N-methyl/N-ethyl adjacent to an activating group) is 1. The molecule has 0 bridgehead atoms. The highest BCUT2D eigenvalue weighted by atomic mass is 32.2. The number of methoxy groups -OCH3 is 1. The van der Waals surface area contributed by atoms with Crippen LogP contribution < -0.4 is 24.2 Å². The molecule has 3 rings (SSSR count). The first-order valence-electron chi connectivity index (χ1n) is 10.3. The van der Waals surface area contributed by atoms with Gasteiger partial charge in [0, 0.05) is 30.8 Å². The van der Waals surface area contributed by atoms with E-state index in [0.717, 1.165) is 17.6 Å². The molecule has 0 saturated heterocycles. The lowest BCUT2D eigenvalue weighted by molar-refractivity contribution is -0.116. The molecule has 0 spiro atoms. The van der Waals surface area contributed by atoms with E-state index in [2.05, 4.69) is 14.9 Å². The van der Waals surface area contributed by atoms with Gasteiger partial charge < -0.3 is 19.5 Å². The number of nitrogens with zero attached hydrogens (tertiary/aromatic N) is 1. The predicted molar refractivity (Wildman–Crippen MR) is 123 cm³/mol. The summed E-state index contributed by atoms with van der Waals surface area (Å²) in [6.45, 7) is 2.38. The van der Waals surface area contributed by atoms with Crippen molar-refractivity contribution in [2.24, 2.45) is 0 Å². The van der Waals surface area contributed by atoms with E-state index in [1.54, 1.807) is 37.4 Å². The number of benzene rings is 2. The van der Waals surface area contributed by atoms with Crippen molar-refractivity contribution in [3.05, 3.63) is 42.0 Å². The molecule has 174 valence electrons. The summed E-state index contributed by atoms with van der Waals surface area (Å²) in [4.78, 5) is 13.8. The summed E-state index contributed by atoms with van der Waals surface area (Å²) in [6, 6.07) is 10.4. The van der Waals surface area contributed by atoms with Crippen LogP contribution in [-0.4, -0.2) is 65.9 Å². The van der Waals surface area contributed by atoms with Gasteiger partial charge >= 0.3 is 0 Å². The molecule has 0 aliphatic carbocycles. The lowest BCUT2D eigenvalue weighted by Gasteiger charge is -2.23. The summed E-state index contributed by atoms with van der Waals surface area (Å²) < 4.78 is 41.9. The van der Waals surface area contributed by atoms with Crippen molar-refractivity contribution in [2.75, 3.05) is 56.8 Å². The summed E-state index contributed by atoms with van der Waals surface area (Å²) in [5.74, 6) is 2.04. The molecule has 0 aromatic heterocycles. The summed E-state index contributed by atoms with van der Waals surface area (Å²) >= 11 is 0. The molecule has 0 saturated carbocycles. The molecule has 1 amide bonds. The van der Waals surface area contributed by atoms with Gasteiger partial charge in [-0.15, -0.1) is 0 Å². The molecule has 1 aliphatic rings. The van der Waals surface area contributed by atoms with Gasteiger partial charge in [-0.1, -0.05) is 0 Å². The number of fused-ring (bicyclic) bond motifs is 1. The van der Waals surface area contributed by atoms with Crippen molar-refractivity contribution in [1.82, 2.24) is 4.90 Å². The van der Waals surface area contributed by atoms with Crippen LogP contribution in [0.1, 0.15) is 12.0 Å². The smallest absolute Gasteiger partial charge is 0.229 e.